The maximum absolute atomic E-state index is 4.88. The predicted molar refractivity (Wildman–Crippen MR) is 219 cm³/mol. The molecular formula is C46H26N8. The van der Waals surface area contributed by atoms with Gasteiger partial charge in [-0.25, -0.2) is 19.9 Å². The standard InChI is InChI=1S/C46H26N8/c1(3-5-41-43-19-15-37(51-43)25-33-11-7-29(47-33)23-30-8-12-34(48-30)26-38-16-20-44(41)52-38)2-4-6-42-45-21-17-39(53-45)27-35-13-9-31(49-35)24-32-10-14-36(50-32)28-40-18-22-46(42)54-40/h7-28,47,49,51,53H. The van der Waals surface area contributed by atoms with E-state index >= 15 is 0 Å². The second kappa shape index (κ2) is 12.9. The summed E-state index contributed by atoms with van der Waals surface area (Å²) in [5, 5.41) is 0. The highest BCUT2D eigenvalue weighted by molar-refractivity contribution is 5.83. The van der Waals surface area contributed by atoms with E-state index in [1.54, 1.807) is 0 Å². The molecule has 6 aromatic rings. The van der Waals surface area contributed by atoms with Gasteiger partial charge in [0, 0.05) is 33.1 Å². The first-order chi connectivity index (χ1) is 26.6. The second-order valence-electron chi connectivity index (χ2n) is 12.9. The Hall–Kier alpha value is -8.12. The third-order valence-electron chi connectivity index (χ3n) is 9.00. The summed E-state index contributed by atoms with van der Waals surface area (Å²) in [6, 6.07) is 28.3. The molecule has 0 amide bonds. The van der Waals surface area contributed by atoms with Crippen molar-refractivity contribution in [2.75, 3.05) is 0 Å². The van der Waals surface area contributed by atoms with Crippen molar-refractivity contribution in [3.8, 4) is 35.5 Å². The van der Waals surface area contributed by atoms with Gasteiger partial charge in [0.1, 0.15) is 0 Å². The van der Waals surface area contributed by atoms with Crippen LogP contribution in [0.2, 0.25) is 0 Å². The average Bonchev–Trinajstić information content (AvgIpc) is 4.01. The molecule has 8 nitrogen and oxygen atoms in total. The highest BCUT2D eigenvalue weighted by atomic mass is 14.8. The largest absolute Gasteiger partial charge is 0.355 e. The Morgan fingerprint density at radius 2 is 0.667 bits per heavy atom. The molecule has 6 aromatic heterocycles. The molecule has 16 bridgehead atoms. The van der Waals surface area contributed by atoms with Gasteiger partial charge in [0.2, 0.25) is 0 Å². The molecule has 0 saturated carbocycles. The van der Waals surface area contributed by atoms with Crippen molar-refractivity contribution in [1.29, 1.82) is 0 Å². The van der Waals surface area contributed by atoms with Crippen LogP contribution in [0.1, 0.15) is 56.7 Å². The summed E-state index contributed by atoms with van der Waals surface area (Å²) >= 11 is 0. The van der Waals surface area contributed by atoms with E-state index in [2.05, 4.69) is 67.6 Å². The van der Waals surface area contributed by atoms with Gasteiger partial charge in [-0.1, -0.05) is 0 Å². The van der Waals surface area contributed by atoms with Gasteiger partial charge in [0.15, 0.2) is 0 Å². The first kappa shape index (κ1) is 30.7. The summed E-state index contributed by atoms with van der Waals surface area (Å²) in [7, 11) is 0. The molecule has 0 atom stereocenters. The minimum absolute atomic E-state index is 0.727. The Bertz CT molecular complexity index is 3030. The van der Waals surface area contributed by atoms with Crippen molar-refractivity contribution in [3.05, 3.63) is 142 Å². The molecular weight excluding hydrogens is 665 g/mol. The molecule has 0 radical (unpaired) electrons. The number of aromatic nitrogens is 8. The minimum atomic E-state index is 0.727. The van der Waals surface area contributed by atoms with Gasteiger partial charge in [0.05, 0.1) is 67.7 Å². The van der Waals surface area contributed by atoms with Crippen molar-refractivity contribution in [2.45, 2.75) is 0 Å². The topological polar surface area (TPSA) is 115 Å². The van der Waals surface area contributed by atoms with E-state index < -0.39 is 0 Å². The van der Waals surface area contributed by atoms with Crippen molar-refractivity contribution in [3.63, 3.8) is 0 Å². The van der Waals surface area contributed by atoms with Crippen molar-refractivity contribution in [1.82, 2.24) is 39.9 Å². The van der Waals surface area contributed by atoms with Crippen LogP contribution in [0.15, 0.2) is 84.9 Å². The molecule has 54 heavy (non-hydrogen) atoms. The zero-order chi connectivity index (χ0) is 35.8. The number of nitrogens with one attached hydrogen (secondary N) is 4. The molecule has 10 rings (SSSR count). The summed E-state index contributed by atoms with van der Waals surface area (Å²) in [5.41, 5.74) is 15.4. The van der Waals surface area contributed by atoms with Crippen molar-refractivity contribution < 1.29 is 0 Å². The fraction of sp³-hybridized carbons (Fsp3) is 0. The smallest absolute Gasteiger partial charge is 0.0815 e. The van der Waals surface area contributed by atoms with Gasteiger partial charge < -0.3 is 19.9 Å². The fourth-order valence-electron chi connectivity index (χ4n) is 6.53. The molecule has 0 fully saturated rings. The van der Waals surface area contributed by atoms with Crippen LogP contribution in [0.3, 0.4) is 0 Å². The molecule has 0 aliphatic carbocycles. The number of fused-ring (bicyclic) bond motifs is 16. The highest BCUT2D eigenvalue weighted by Gasteiger charge is 2.09. The minimum Gasteiger partial charge on any atom is -0.355 e. The van der Waals surface area contributed by atoms with E-state index in [0.717, 1.165) is 101 Å². The predicted octanol–water partition coefficient (Wildman–Crippen LogP) is 9.03. The SMILES string of the molecule is C(#CC#Cc1c2nc(cc3nc(cc4ccc(cc5ccc1[nH]5)[nH]4)C=C3)C=C2)C#Cc1c2nc(cc3nc(cc4ccc(cc5ccc1[nH]5)[nH]4)C=C3)C=C2. The maximum Gasteiger partial charge on any atom is 0.0815 e. The van der Waals surface area contributed by atoms with Gasteiger partial charge in [-0.3, -0.25) is 0 Å². The Labute approximate surface area is 308 Å². The quantitative estimate of drug-likeness (QED) is 0.119. The maximum atomic E-state index is 4.88. The van der Waals surface area contributed by atoms with Gasteiger partial charge in [-0.2, -0.15) is 0 Å². The number of rotatable bonds is 0. The number of nitrogens with zero attached hydrogens (tertiary/aromatic N) is 4. The molecule has 8 heteroatoms. The molecule has 250 valence electrons. The number of H-pyrrole nitrogens is 4. The molecule has 4 aliphatic rings. The zero-order valence-electron chi connectivity index (χ0n) is 28.5. The summed E-state index contributed by atoms with van der Waals surface area (Å²) in [4.78, 5) is 33.1. The van der Waals surface area contributed by atoms with Gasteiger partial charge >= 0.3 is 0 Å². The van der Waals surface area contributed by atoms with Crippen molar-refractivity contribution in [2.24, 2.45) is 0 Å². The number of hydrogen-bond acceptors (Lipinski definition) is 4. The first-order valence-electron chi connectivity index (χ1n) is 17.3. The zero-order valence-corrected chi connectivity index (χ0v) is 28.5. The van der Waals surface area contributed by atoms with Crippen LogP contribution in [0, 0.1) is 35.5 Å². The van der Waals surface area contributed by atoms with E-state index in [1.807, 2.05) is 121 Å². The Balaban J connectivity index is 1.06. The van der Waals surface area contributed by atoms with Crippen molar-refractivity contribution >= 4 is 92.7 Å². The van der Waals surface area contributed by atoms with Gasteiger partial charge in [0.25, 0.3) is 0 Å². The lowest BCUT2D eigenvalue weighted by atomic mass is 10.2. The monoisotopic (exact) mass is 690 g/mol. The van der Waals surface area contributed by atoms with E-state index in [9.17, 15) is 0 Å². The van der Waals surface area contributed by atoms with E-state index in [0.29, 0.717) is 0 Å². The number of hydrogen-bond donors (Lipinski definition) is 4. The Kier molecular flexibility index (Phi) is 7.32. The molecule has 0 saturated heterocycles. The summed E-state index contributed by atoms with van der Waals surface area (Å²) in [6.07, 6.45) is 15.8. The van der Waals surface area contributed by atoms with E-state index in [4.69, 9.17) is 19.9 Å². The van der Waals surface area contributed by atoms with E-state index in [-0.39, 0.29) is 0 Å². The van der Waals surface area contributed by atoms with Crippen LogP contribution in [0.4, 0.5) is 0 Å². The van der Waals surface area contributed by atoms with Crippen LogP contribution in [0.5, 0.6) is 0 Å². The molecule has 0 unspecified atom stereocenters. The normalized spacial score (nSPS) is 12.1. The Morgan fingerprint density at radius 3 is 1.13 bits per heavy atom. The van der Waals surface area contributed by atoms with E-state index in [1.165, 1.54) is 0 Å². The highest BCUT2D eigenvalue weighted by Crippen LogP contribution is 2.23. The van der Waals surface area contributed by atoms with Crippen LogP contribution in [0.25, 0.3) is 92.7 Å². The van der Waals surface area contributed by atoms with Crippen LogP contribution in [-0.4, -0.2) is 39.9 Å². The lowest BCUT2D eigenvalue weighted by Crippen LogP contribution is -1.84. The fourth-order valence-corrected chi connectivity index (χ4v) is 6.53. The molecule has 10 heterocycles. The lowest BCUT2D eigenvalue weighted by Gasteiger charge is -1.92. The first-order valence-corrected chi connectivity index (χ1v) is 17.3. The lowest BCUT2D eigenvalue weighted by molar-refractivity contribution is 1.27. The molecule has 0 aromatic carbocycles. The molecule has 0 spiro atoms. The average molecular weight is 691 g/mol. The summed E-state index contributed by atoms with van der Waals surface area (Å²) in [6.45, 7) is 0. The third-order valence-corrected chi connectivity index (χ3v) is 9.00. The van der Waals surface area contributed by atoms with Crippen LogP contribution >= 0.6 is 0 Å². The molecule has 4 N–H and O–H groups in total. The molecule has 4 aliphatic heterocycles. The van der Waals surface area contributed by atoms with Gasteiger partial charge in [-0.05, 0) is 169 Å². The number of aromatic amines is 4. The third kappa shape index (κ3) is 6.33. The second-order valence-corrected chi connectivity index (χ2v) is 12.9. The van der Waals surface area contributed by atoms with Crippen LogP contribution in [-0.2, 0) is 0 Å². The summed E-state index contributed by atoms with van der Waals surface area (Å²) in [5.74, 6) is 18.4. The summed E-state index contributed by atoms with van der Waals surface area (Å²) < 4.78 is 0. The van der Waals surface area contributed by atoms with Gasteiger partial charge in [-0.15, -0.1) is 0 Å². The van der Waals surface area contributed by atoms with Crippen LogP contribution < -0.4 is 0 Å². The Morgan fingerprint density at radius 1 is 0.315 bits per heavy atom.